The lowest BCUT2D eigenvalue weighted by atomic mass is 10.3. The third-order valence-corrected chi connectivity index (χ3v) is 2.01. The number of anilines is 1. The maximum Gasteiger partial charge on any atom is 0.437 e. The van der Waals surface area contributed by atoms with E-state index >= 15 is 0 Å². The lowest BCUT2D eigenvalue weighted by Crippen LogP contribution is -2.17. The average molecular weight is 251 g/mol. The number of halogens is 3. The van der Waals surface area contributed by atoms with Crippen molar-refractivity contribution in [1.29, 1.82) is 0 Å². The molecular formula is C9H12F3N3O2. The van der Waals surface area contributed by atoms with E-state index in [4.69, 9.17) is 0 Å². The van der Waals surface area contributed by atoms with Crippen LogP contribution in [0.4, 0.5) is 18.9 Å². The molecule has 5 nitrogen and oxygen atoms in total. The standard InChI is InChI=1S/C9H12F3N3O2/c1-3-15-5-6(13-4-7(16)17-2)8(14-15)9(10,11)12/h5,13H,3-4H2,1-2H3. The molecule has 0 aliphatic heterocycles. The zero-order valence-corrected chi connectivity index (χ0v) is 9.34. The number of carbonyl (C=O) groups is 1. The van der Waals surface area contributed by atoms with Crippen LogP contribution < -0.4 is 5.32 Å². The maximum atomic E-state index is 12.6. The number of carbonyl (C=O) groups excluding carboxylic acids is 1. The van der Waals surface area contributed by atoms with Crippen molar-refractivity contribution >= 4 is 11.7 Å². The van der Waals surface area contributed by atoms with Gasteiger partial charge in [-0.1, -0.05) is 0 Å². The first kappa shape index (κ1) is 13.3. The molecule has 8 heteroatoms. The first-order valence-corrected chi connectivity index (χ1v) is 4.83. The lowest BCUT2D eigenvalue weighted by Gasteiger charge is -2.07. The van der Waals surface area contributed by atoms with E-state index < -0.39 is 17.8 Å². The molecular weight excluding hydrogens is 239 g/mol. The first-order valence-electron chi connectivity index (χ1n) is 4.83. The summed E-state index contributed by atoms with van der Waals surface area (Å²) in [6.07, 6.45) is -3.36. The molecule has 0 saturated heterocycles. The molecule has 1 aromatic rings. The molecule has 17 heavy (non-hydrogen) atoms. The third-order valence-electron chi connectivity index (χ3n) is 2.01. The topological polar surface area (TPSA) is 56.2 Å². The fourth-order valence-corrected chi connectivity index (χ4v) is 1.16. The molecule has 0 fully saturated rings. The Morgan fingerprint density at radius 3 is 2.71 bits per heavy atom. The molecule has 0 amide bonds. The van der Waals surface area contributed by atoms with Gasteiger partial charge in [0.05, 0.1) is 12.8 Å². The van der Waals surface area contributed by atoms with Gasteiger partial charge in [-0.25, -0.2) is 0 Å². The van der Waals surface area contributed by atoms with E-state index in [-0.39, 0.29) is 12.2 Å². The molecule has 1 aromatic heterocycles. The van der Waals surface area contributed by atoms with Gasteiger partial charge < -0.3 is 10.1 Å². The fraction of sp³-hybridized carbons (Fsp3) is 0.556. The van der Waals surface area contributed by atoms with Crippen LogP contribution in [0.1, 0.15) is 12.6 Å². The summed E-state index contributed by atoms with van der Waals surface area (Å²) in [5, 5.41) is 5.73. The quantitative estimate of drug-likeness (QED) is 0.824. The van der Waals surface area contributed by atoms with Gasteiger partial charge in [-0.2, -0.15) is 18.3 Å². The summed E-state index contributed by atoms with van der Waals surface area (Å²) in [5.74, 6) is -0.651. The number of alkyl halides is 3. The Hall–Kier alpha value is -1.73. The highest BCUT2D eigenvalue weighted by molar-refractivity contribution is 5.75. The van der Waals surface area contributed by atoms with Gasteiger partial charge in [0.2, 0.25) is 0 Å². The van der Waals surface area contributed by atoms with Crippen LogP contribution in [0.25, 0.3) is 0 Å². The number of esters is 1. The van der Waals surface area contributed by atoms with Gasteiger partial charge in [-0.05, 0) is 6.92 Å². The van der Waals surface area contributed by atoms with Crippen molar-refractivity contribution in [1.82, 2.24) is 9.78 Å². The Kier molecular flexibility index (Phi) is 3.97. The molecule has 0 atom stereocenters. The molecule has 0 unspecified atom stereocenters. The summed E-state index contributed by atoms with van der Waals surface area (Å²) in [6, 6.07) is 0. The highest BCUT2D eigenvalue weighted by Gasteiger charge is 2.37. The van der Waals surface area contributed by atoms with E-state index in [1.165, 1.54) is 6.20 Å². The second kappa shape index (κ2) is 5.07. The Morgan fingerprint density at radius 1 is 1.59 bits per heavy atom. The van der Waals surface area contributed by atoms with Crippen LogP contribution in [0.5, 0.6) is 0 Å². The molecule has 96 valence electrons. The number of aromatic nitrogens is 2. The normalized spacial score (nSPS) is 11.4. The Bertz CT molecular complexity index is 401. The van der Waals surface area contributed by atoms with Crippen molar-refractivity contribution < 1.29 is 22.7 Å². The van der Waals surface area contributed by atoms with Crippen molar-refractivity contribution in [2.75, 3.05) is 19.0 Å². The number of nitrogens with one attached hydrogen (secondary N) is 1. The summed E-state index contributed by atoms with van der Waals surface area (Å²) >= 11 is 0. The Labute approximate surface area is 95.5 Å². The van der Waals surface area contributed by atoms with Crippen molar-refractivity contribution in [3.05, 3.63) is 11.9 Å². The van der Waals surface area contributed by atoms with Crippen LogP contribution in [-0.2, 0) is 22.3 Å². The second-order valence-electron chi connectivity index (χ2n) is 3.17. The molecule has 0 bridgehead atoms. The molecule has 0 saturated carbocycles. The molecule has 0 aliphatic carbocycles. The minimum atomic E-state index is -4.56. The van der Waals surface area contributed by atoms with Gasteiger partial charge in [0, 0.05) is 12.7 Å². The SMILES string of the molecule is CCn1cc(NCC(=O)OC)c(C(F)(F)F)n1. The zero-order valence-electron chi connectivity index (χ0n) is 9.34. The van der Waals surface area contributed by atoms with Crippen LogP contribution in [0, 0.1) is 0 Å². The minimum absolute atomic E-state index is 0.232. The van der Waals surface area contributed by atoms with Crippen molar-refractivity contribution in [3.8, 4) is 0 Å². The Balaban J connectivity index is 2.89. The summed E-state index contributed by atoms with van der Waals surface area (Å²) < 4.78 is 43.2. The maximum absolute atomic E-state index is 12.6. The molecule has 1 rings (SSSR count). The molecule has 1 N–H and O–H groups in total. The van der Waals surface area contributed by atoms with Crippen LogP contribution in [0.2, 0.25) is 0 Å². The number of ether oxygens (including phenoxy) is 1. The number of aryl methyl sites for hydroxylation is 1. The van der Waals surface area contributed by atoms with Gasteiger partial charge in [-0.15, -0.1) is 0 Å². The predicted molar refractivity (Wildman–Crippen MR) is 53.4 cm³/mol. The minimum Gasteiger partial charge on any atom is -0.468 e. The summed E-state index contributed by atoms with van der Waals surface area (Å²) in [5.41, 5.74) is -1.27. The average Bonchev–Trinajstić information content (AvgIpc) is 2.68. The van der Waals surface area contributed by atoms with Crippen molar-refractivity contribution in [3.63, 3.8) is 0 Å². The molecule has 0 aliphatic rings. The van der Waals surface area contributed by atoms with E-state index in [9.17, 15) is 18.0 Å². The van der Waals surface area contributed by atoms with E-state index in [0.29, 0.717) is 6.54 Å². The first-order chi connectivity index (χ1) is 7.88. The number of hydrogen-bond donors (Lipinski definition) is 1. The fourth-order valence-electron chi connectivity index (χ4n) is 1.16. The predicted octanol–water partition coefficient (Wildman–Crippen LogP) is 1.51. The van der Waals surface area contributed by atoms with Gasteiger partial charge in [0.25, 0.3) is 0 Å². The highest BCUT2D eigenvalue weighted by Crippen LogP contribution is 2.33. The molecule has 0 spiro atoms. The van der Waals surface area contributed by atoms with Gasteiger partial charge >= 0.3 is 12.1 Å². The molecule has 0 radical (unpaired) electrons. The van der Waals surface area contributed by atoms with Crippen molar-refractivity contribution in [2.45, 2.75) is 19.6 Å². The van der Waals surface area contributed by atoms with Crippen LogP contribution in [0.15, 0.2) is 6.20 Å². The van der Waals surface area contributed by atoms with Gasteiger partial charge in [0.15, 0.2) is 5.69 Å². The largest absolute Gasteiger partial charge is 0.468 e. The highest BCUT2D eigenvalue weighted by atomic mass is 19.4. The second-order valence-corrected chi connectivity index (χ2v) is 3.17. The number of nitrogens with zero attached hydrogens (tertiary/aromatic N) is 2. The van der Waals surface area contributed by atoms with E-state index in [0.717, 1.165) is 11.8 Å². The molecule has 1 heterocycles. The monoisotopic (exact) mass is 251 g/mol. The third kappa shape index (κ3) is 3.36. The van der Waals surface area contributed by atoms with E-state index in [2.05, 4.69) is 15.2 Å². The van der Waals surface area contributed by atoms with Crippen molar-refractivity contribution in [2.24, 2.45) is 0 Å². The van der Waals surface area contributed by atoms with E-state index in [1.807, 2.05) is 0 Å². The number of rotatable bonds is 4. The zero-order chi connectivity index (χ0) is 13.1. The summed E-state index contributed by atoms with van der Waals surface area (Å²) in [4.78, 5) is 10.8. The van der Waals surface area contributed by atoms with Gasteiger partial charge in [-0.3, -0.25) is 9.48 Å². The Morgan fingerprint density at radius 2 is 2.24 bits per heavy atom. The van der Waals surface area contributed by atoms with E-state index in [1.54, 1.807) is 6.92 Å². The smallest absolute Gasteiger partial charge is 0.437 e. The van der Waals surface area contributed by atoms with Crippen LogP contribution in [-0.4, -0.2) is 29.4 Å². The lowest BCUT2D eigenvalue weighted by molar-refractivity contribution is -0.141. The number of methoxy groups -OCH3 is 1. The summed E-state index contributed by atoms with van der Waals surface area (Å²) in [6.45, 7) is 1.63. The van der Waals surface area contributed by atoms with Gasteiger partial charge in [0.1, 0.15) is 6.54 Å². The summed E-state index contributed by atoms with van der Waals surface area (Å²) in [7, 11) is 1.16. The number of hydrogen-bond acceptors (Lipinski definition) is 4. The molecule has 0 aromatic carbocycles. The van der Waals surface area contributed by atoms with Crippen LogP contribution >= 0.6 is 0 Å². The van der Waals surface area contributed by atoms with Crippen LogP contribution in [0.3, 0.4) is 0 Å².